The van der Waals surface area contributed by atoms with E-state index < -0.39 is 0 Å². The quantitative estimate of drug-likeness (QED) is 0.898. The maximum atomic E-state index is 4.56. The predicted molar refractivity (Wildman–Crippen MR) is 75.6 cm³/mol. The molecule has 0 saturated carbocycles. The number of hydrogen-bond acceptors (Lipinski definition) is 2. The van der Waals surface area contributed by atoms with Crippen LogP contribution in [0.25, 0.3) is 11.3 Å². The highest BCUT2D eigenvalue weighted by atomic mass is 15.1. The summed E-state index contributed by atoms with van der Waals surface area (Å²) >= 11 is 0. The summed E-state index contributed by atoms with van der Waals surface area (Å²) in [6.07, 6.45) is 1.89. The Morgan fingerprint density at radius 1 is 1.11 bits per heavy atom. The minimum Gasteiger partial charge on any atom is -0.336 e. The summed E-state index contributed by atoms with van der Waals surface area (Å²) in [6.45, 7) is 7.29. The Morgan fingerprint density at radius 2 is 1.78 bits per heavy atom. The molecule has 1 aromatic heterocycles. The minimum absolute atomic E-state index is 0.832. The summed E-state index contributed by atoms with van der Waals surface area (Å²) in [4.78, 5) is 4.56. The zero-order chi connectivity index (χ0) is 13.3. The van der Waals surface area contributed by atoms with Crippen LogP contribution in [0.5, 0.6) is 0 Å². The fourth-order valence-electron chi connectivity index (χ4n) is 2.27. The zero-order valence-corrected chi connectivity index (χ0v) is 11.8. The Kier molecular flexibility index (Phi) is 3.53. The van der Waals surface area contributed by atoms with Crippen LogP contribution in [0.1, 0.15) is 22.4 Å². The number of nitrogens with zero attached hydrogens (tertiary/aromatic N) is 2. The summed E-state index contributed by atoms with van der Waals surface area (Å²) in [5, 5.41) is 3.21. The van der Waals surface area contributed by atoms with E-state index in [9.17, 15) is 0 Å². The van der Waals surface area contributed by atoms with E-state index in [-0.39, 0.29) is 0 Å². The lowest BCUT2D eigenvalue weighted by molar-refractivity contribution is 0.735. The first-order chi connectivity index (χ1) is 8.54. The van der Waals surface area contributed by atoms with Crippen molar-refractivity contribution in [3.63, 3.8) is 0 Å². The molecule has 0 aliphatic heterocycles. The smallest absolute Gasteiger partial charge is 0.0953 e. The Bertz CT molecular complexity index is 567. The van der Waals surface area contributed by atoms with Crippen molar-refractivity contribution in [2.75, 3.05) is 7.05 Å². The summed E-state index contributed by atoms with van der Waals surface area (Å²) in [6, 6.07) is 4.48. The lowest BCUT2D eigenvalue weighted by Crippen LogP contribution is -2.10. The number of aromatic nitrogens is 2. The average molecular weight is 243 g/mol. The van der Waals surface area contributed by atoms with Crippen LogP contribution < -0.4 is 5.32 Å². The highest BCUT2D eigenvalue weighted by molar-refractivity contribution is 5.67. The SMILES string of the molecule is CNCc1c(-c2cc(C)c(C)cc2C)ncn1C. The molecule has 0 unspecified atom stereocenters. The number of aryl methyl sites for hydroxylation is 4. The molecule has 2 aromatic rings. The maximum absolute atomic E-state index is 4.56. The van der Waals surface area contributed by atoms with Gasteiger partial charge in [0.1, 0.15) is 0 Å². The molecule has 0 atom stereocenters. The van der Waals surface area contributed by atoms with Crippen molar-refractivity contribution in [2.24, 2.45) is 7.05 Å². The topological polar surface area (TPSA) is 29.9 Å². The standard InChI is InChI=1S/C15H21N3/c1-10-6-12(3)13(7-11(10)2)15-14(8-16-4)18(5)9-17-15/h6-7,9,16H,8H2,1-5H3. The van der Waals surface area contributed by atoms with Gasteiger partial charge in [-0.05, 0) is 50.6 Å². The van der Waals surface area contributed by atoms with Gasteiger partial charge in [0.2, 0.25) is 0 Å². The zero-order valence-electron chi connectivity index (χ0n) is 11.8. The van der Waals surface area contributed by atoms with Crippen LogP contribution in [0.4, 0.5) is 0 Å². The van der Waals surface area contributed by atoms with E-state index in [2.05, 4.69) is 47.8 Å². The molecule has 0 saturated heterocycles. The molecule has 18 heavy (non-hydrogen) atoms. The summed E-state index contributed by atoms with van der Waals surface area (Å²) in [7, 11) is 4.00. The van der Waals surface area contributed by atoms with Gasteiger partial charge in [0.05, 0.1) is 17.7 Å². The second-order valence-electron chi connectivity index (χ2n) is 4.93. The van der Waals surface area contributed by atoms with Crippen LogP contribution in [0, 0.1) is 20.8 Å². The Morgan fingerprint density at radius 3 is 2.44 bits per heavy atom. The van der Waals surface area contributed by atoms with E-state index in [1.54, 1.807) is 0 Å². The van der Waals surface area contributed by atoms with E-state index >= 15 is 0 Å². The maximum Gasteiger partial charge on any atom is 0.0953 e. The lowest BCUT2D eigenvalue weighted by atomic mass is 9.98. The van der Waals surface area contributed by atoms with Crippen LogP contribution in [0.15, 0.2) is 18.5 Å². The van der Waals surface area contributed by atoms with Crippen molar-refractivity contribution >= 4 is 0 Å². The molecule has 2 rings (SSSR count). The van der Waals surface area contributed by atoms with Crippen LogP contribution in [0.2, 0.25) is 0 Å². The number of benzene rings is 1. The number of nitrogens with one attached hydrogen (secondary N) is 1. The van der Waals surface area contributed by atoms with Gasteiger partial charge in [-0.25, -0.2) is 4.98 Å². The molecule has 1 N–H and O–H groups in total. The summed E-state index contributed by atoms with van der Waals surface area (Å²) in [5.74, 6) is 0. The molecule has 0 spiro atoms. The van der Waals surface area contributed by atoms with Crippen molar-refractivity contribution in [1.82, 2.24) is 14.9 Å². The largest absolute Gasteiger partial charge is 0.336 e. The normalized spacial score (nSPS) is 10.9. The van der Waals surface area contributed by atoms with E-state index in [1.165, 1.54) is 27.9 Å². The van der Waals surface area contributed by atoms with Gasteiger partial charge in [-0.2, -0.15) is 0 Å². The van der Waals surface area contributed by atoms with E-state index in [0.717, 1.165) is 12.2 Å². The van der Waals surface area contributed by atoms with Crippen molar-refractivity contribution in [3.05, 3.63) is 40.8 Å². The molecule has 0 aliphatic carbocycles. The highest BCUT2D eigenvalue weighted by Gasteiger charge is 2.13. The second kappa shape index (κ2) is 4.94. The monoisotopic (exact) mass is 243 g/mol. The van der Waals surface area contributed by atoms with Gasteiger partial charge in [-0.15, -0.1) is 0 Å². The Balaban J connectivity index is 2.58. The predicted octanol–water partition coefficient (Wildman–Crippen LogP) is 2.73. The average Bonchev–Trinajstić information content (AvgIpc) is 2.67. The van der Waals surface area contributed by atoms with E-state index in [0.29, 0.717) is 0 Å². The first-order valence-electron chi connectivity index (χ1n) is 6.27. The van der Waals surface area contributed by atoms with Crippen LogP contribution >= 0.6 is 0 Å². The van der Waals surface area contributed by atoms with Crippen LogP contribution in [-0.4, -0.2) is 16.6 Å². The van der Waals surface area contributed by atoms with Crippen molar-refractivity contribution < 1.29 is 0 Å². The molecule has 0 bridgehead atoms. The number of rotatable bonds is 3. The summed E-state index contributed by atoms with van der Waals surface area (Å²) < 4.78 is 2.08. The Labute approximate surface area is 109 Å². The molecule has 0 radical (unpaired) electrons. The second-order valence-corrected chi connectivity index (χ2v) is 4.93. The Hall–Kier alpha value is -1.61. The van der Waals surface area contributed by atoms with Crippen LogP contribution in [-0.2, 0) is 13.6 Å². The highest BCUT2D eigenvalue weighted by Crippen LogP contribution is 2.27. The van der Waals surface area contributed by atoms with Gasteiger partial charge in [0.15, 0.2) is 0 Å². The van der Waals surface area contributed by atoms with E-state index in [1.807, 2.05) is 20.4 Å². The number of imidazole rings is 1. The molecule has 0 amide bonds. The van der Waals surface area contributed by atoms with Gasteiger partial charge in [-0.1, -0.05) is 6.07 Å². The molecular weight excluding hydrogens is 222 g/mol. The van der Waals surface area contributed by atoms with Crippen molar-refractivity contribution in [3.8, 4) is 11.3 Å². The number of hydrogen-bond donors (Lipinski definition) is 1. The summed E-state index contributed by atoms with van der Waals surface area (Å²) in [5.41, 5.74) is 7.49. The molecule has 3 nitrogen and oxygen atoms in total. The van der Waals surface area contributed by atoms with Gasteiger partial charge in [-0.3, -0.25) is 0 Å². The molecule has 1 aromatic carbocycles. The molecule has 96 valence electrons. The van der Waals surface area contributed by atoms with Crippen molar-refractivity contribution in [2.45, 2.75) is 27.3 Å². The fourth-order valence-corrected chi connectivity index (χ4v) is 2.27. The third kappa shape index (κ3) is 2.18. The fraction of sp³-hybridized carbons (Fsp3) is 0.400. The minimum atomic E-state index is 0.832. The van der Waals surface area contributed by atoms with Gasteiger partial charge >= 0.3 is 0 Å². The first-order valence-corrected chi connectivity index (χ1v) is 6.27. The lowest BCUT2D eigenvalue weighted by Gasteiger charge is -2.11. The molecule has 0 aliphatic rings. The molecule has 1 heterocycles. The van der Waals surface area contributed by atoms with Gasteiger partial charge < -0.3 is 9.88 Å². The van der Waals surface area contributed by atoms with Gasteiger partial charge in [0, 0.05) is 19.2 Å². The van der Waals surface area contributed by atoms with E-state index in [4.69, 9.17) is 0 Å². The molecule has 0 fully saturated rings. The molecular formula is C15H21N3. The van der Waals surface area contributed by atoms with Gasteiger partial charge in [0.25, 0.3) is 0 Å². The molecule has 3 heteroatoms. The third-order valence-corrected chi connectivity index (χ3v) is 3.50. The first kappa shape index (κ1) is 12.8. The van der Waals surface area contributed by atoms with Crippen molar-refractivity contribution in [1.29, 1.82) is 0 Å². The third-order valence-electron chi connectivity index (χ3n) is 3.50. The van der Waals surface area contributed by atoms with Crippen LogP contribution in [0.3, 0.4) is 0 Å².